The van der Waals surface area contributed by atoms with Crippen molar-refractivity contribution in [1.82, 2.24) is 9.55 Å². The van der Waals surface area contributed by atoms with Gasteiger partial charge in [0, 0.05) is 11.8 Å². The Labute approximate surface area is 92.4 Å². The van der Waals surface area contributed by atoms with Crippen LogP contribution in [0.5, 0.6) is 6.01 Å². The topological polar surface area (TPSA) is 73.6 Å². The van der Waals surface area contributed by atoms with Gasteiger partial charge in [0.2, 0.25) is 0 Å². The third kappa shape index (κ3) is 1.94. The Morgan fingerprint density at radius 2 is 2.44 bits per heavy atom. The van der Waals surface area contributed by atoms with Gasteiger partial charge in [-0.2, -0.15) is 4.98 Å². The van der Waals surface area contributed by atoms with Crippen LogP contribution in [0.2, 0.25) is 0 Å². The summed E-state index contributed by atoms with van der Waals surface area (Å²) in [4.78, 5) is 15.2. The molecular formula is C10H14N2O4. The molecule has 6 nitrogen and oxygen atoms in total. The van der Waals surface area contributed by atoms with Gasteiger partial charge in [-0.1, -0.05) is 0 Å². The van der Waals surface area contributed by atoms with E-state index in [4.69, 9.17) is 14.6 Å². The maximum atomic E-state index is 11.4. The fraction of sp³-hybridized carbons (Fsp3) is 0.600. The molecule has 0 spiro atoms. The van der Waals surface area contributed by atoms with E-state index in [1.807, 2.05) is 0 Å². The van der Waals surface area contributed by atoms with Crippen LogP contribution in [-0.2, 0) is 11.5 Å². The van der Waals surface area contributed by atoms with Crippen molar-refractivity contribution in [2.75, 3.05) is 6.61 Å². The third-order valence-corrected chi connectivity index (χ3v) is 2.55. The summed E-state index contributed by atoms with van der Waals surface area (Å²) < 4.78 is 12.5. The van der Waals surface area contributed by atoms with E-state index < -0.39 is 6.10 Å². The molecule has 0 radical (unpaired) electrons. The molecule has 0 aromatic carbocycles. The van der Waals surface area contributed by atoms with Crippen molar-refractivity contribution in [2.45, 2.75) is 32.8 Å². The largest absolute Gasteiger partial charge is 0.459 e. The fourth-order valence-corrected chi connectivity index (χ4v) is 1.52. The highest BCUT2D eigenvalue weighted by molar-refractivity contribution is 5.09. The normalized spacial score (nSPS) is 24.4. The van der Waals surface area contributed by atoms with Crippen LogP contribution in [0.25, 0.3) is 0 Å². The Bertz CT molecular complexity index is 443. The predicted molar refractivity (Wildman–Crippen MR) is 55.3 cm³/mol. The second kappa shape index (κ2) is 4.23. The van der Waals surface area contributed by atoms with Gasteiger partial charge in [-0.15, -0.1) is 0 Å². The Balaban J connectivity index is 2.37. The molecule has 0 saturated carbocycles. The number of rotatable bonds is 1. The minimum atomic E-state index is -0.405. The lowest BCUT2D eigenvalue weighted by molar-refractivity contribution is -0.0537. The number of aryl methyl sites for hydroxylation is 1. The molecule has 88 valence electrons. The van der Waals surface area contributed by atoms with E-state index in [1.54, 1.807) is 24.6 Å². The molecule has 0 aliphatic carbocycles. The van der Waals surface area contributed by atoms with Crippen molar-refractivity contribution in [3.05, 3.63) is 22.1 Å². The molecule has 0 bridgehead atoms. The molecule has 2 heterocycles. The number of aliphatic hydroxyl groups is 1. The summed E-state index contributed by atoms with van der Waals surface area (Å²) >= 11 is 0. The zero-order valence-electron chi connectivity index (χ0n) is 9.21. The minimum Gasteiger partial charge on any atom is -0.459 e. The van der Waals surface area contributed by atoms with Gasteiger partial charge < -0.3 is 14.6 Å². The number of hydrogen-bond donors (Lipinski definition) is 1. The van der Waals surface area contributed by atoms with Crippen LogP contribution in [-0.4, -0.2) is 33.5 Å². The molecule has 1 aromatic heterocycles. The van der Waals surface area contributed by atoms with Crippen molar-refractivity contribution in [1.29, 1.82) is 0 Å². The van der Waals surface area contributed by atoms with Crippen molar-refractivity contribution >= 4 is 0 Å². The molecule has 16 heavy (non-hydrogen) atoms. The second-order valence-corrected chi connectivity index (χ2v) is 3.82. The van der Waals surface area contributed by atoms with E-state index in [9.17, 15) is 4.79 Å². The first-order chi connectivity index (χ1) is 7.61. The molecule has 2 atom stereocenters. The van der Waals surface area contributed by atoms with Crippen LogP contribution >= 0.6 is 0 Å². The first kappa shape index (κ1) is 11.1. The van der Waals surface area contributed by atoms with E-state index in [2.05, 4.69) is 4.98 Å². The van der Waals surface area contributed by atoms with Gasteiger partial charge in [0.1, 0.15) is 18.9 Å². The maximum absolute atomic E-state index is 11.4. The van der Waals surface area contributed by atoms with Crippen LogP contribution in [0.3, 0.4) is 0 Å². The zero-order valence-corrected chi connectivity index (χ0v) is 9.21. The highest BCUT2D eigenvalue weighted by atomic mass is 16.6. The number of hydrogen-bond acceptors (Lipinski definition) is 5. The van der Waals surface area contributed by atoms with Crippen LogP contribution in [0.15, 0.2) is 11.0 Å². The SMILES string of the molecule is Cc1cn2c(nc1=O)O[C@H](C)[C@@H](CO)OC2. The summed E-state index contributed by atoms with van der Waals surface area (Å²) in [6.07, 6.45) is 0.891. The van der Waals surface area contributed by atoms with E-state index in [-0.39, 0.29) is 31.0 Å². The van der Waals surface area contributed by atoms with Crippen LogP contribution in [0.4, 0.5) is 0 Å². The first-order valence-electron chi connectivity index (χ1n) is 5.09. The van der Waals surface area contributed by atoms with Gasteiger partial charge >= 0.3 is 6.01 Å². The fourth-order valence-electron chi connectivity index (χ4n) is 1.52. The van der Waals surface area contributed by atoms with Crippen molar-refractivity contribution in [2.24, 2.45) is 0 Å². The molecule has 2 rings (SSSR count). The summed E-state index contributed by atoms with van der Waals surface area (Å²) in [5.41, 5.74) is 0.229. The van der Waals surface area contributed by atoms with Gasteiger partial charge in [0.15, 0.2) is 0 Å². The molecule has 0 unspecified atom stereocenters. The van der Waals surface area contributed by atoms with Crippen LogP contribution in [0, 0.1) is 6.92 Å². The Morgan fingerprint density at radius 3 is 3.12 bits per heavy atom. The molecule has 6 heteroatoms. The van der Waals surface area contributed by atoms with E-state index >= 15 is 0 Å². The monoisotopic (exact) mass is 226 g/mol. The average Bonchev–Trinajstić information content (AvgIpc) is 2.38. The highest BCUT2D eigenvalue weighted by Gasteiger charge is 2.24. The molecule has 0 amide bonds. The second-order valence-electron chi connectivity index (χ2n) is 3.82. The summed E-state index contributed by atoms with van der Waals surface area (Å²) in [6.45, 7) is 3.54. The quantitative estimate of drug-likeness (QED) is 0.709. The van der Waals surface area contributed by atoms with Crippen molar-refractivity contribution in [3.8, 4) is 6.01 Å². The van der Waals surface area contributed by atoms with Crippen molar-refractivity contribution < 1.29 is 14.6 Å². The first-order valence-corrected chi connectivity index (χ1v) is 5.09. The molecule has 1 N–H and O–H groups in total. The summed E-state index contributed by atoms with van der Waals surface area (Å²) in [7, 11) is 0. The predicted octanol–water partition coefficient (Wildman–Crippen LogP) is -0.332. The van der Waals surface area contributed by atoms with Crippen LogP contribution in [0.1, 0.15) is 12.5 Å². The van der Waals surface area contributed by atoms with E-state index in [1.165, 1.54) is 0 Å². The molecule has 1 aliphatic rings. The Morgan fingerprint density at radius 1 is 1.69 bits per heavy atom. The number of aliphatic hydroxyl groups excluding tert-OH is 1. The Hall–Kier alpha value is -1.40. The van der Waals surface area contributed by atoms with E-state index in [0.29, 0.717) is 5.56 Å². The smallest absolute Gasteiger partial charge is 0.301 e. The molecule has 1 aliphatic heterocycles. The molecule has 0 saturated heterocycles. The van der Waals surface area contributed by atoms with Gasteiger partial charge in [-0.3, -0.25) is 9.36 Å². The standard InChI is InChI=1S/C10H14N2O4/c1-6-3-12-5-15-8(4-13)7(2)16-10(12)11-9(6)14/h3,7-8,13H,4-5H2,1-2H3/t7-,8-/m1/s1. The van der Waals surface area contributed by atoms with Gasteiger partial charge in [0.05, 0.1) is 6.61 Å². The zero-order chi connectivity index (χ0) is 11.7. The van der Waals surface area contributed by atoms with Crippen LogP contribution < -0.4 is 10.3 Å². The lowest BCUT2D eigenvalue weighted by Gasteiger charge is -2.17. The number of aromatic nitrogens is 2. The third-order valence-electron chi connectivity index (χ3n) is 2.55. The summed E-state index contributed by atoms with van der Waals surface area (Å²) in [5.74, 6) is 0. The number of fused-ring (bicyclic) bond motifs is 1. The average molecular weight is 226 g/mol. The lowest BCUT2D eigenvalue weighted by Crippen LogP contribution is -2.33. The summed E-state index contributed by atoms with van der Waals surface area (Å²) in [6, 6.07) is 0.235. The molecular weight excluding hydrogens is 212 g/mol. The Kier molecular flexibility index (Phi) is 2.93. The number of ether oxygens (including phenoxy) is 2. The highest BCUT2D eigenvalue weighted by Crippen LogP contribution is 2.16. The molecule has 0 fully saturated rings. The number of nitrogens with zero attached hydrogens (tertiary/aromatic N) is 2. The maximum Gasteiger partial charge on any atom is 0.301 e. The molecule has 1 aromatic rings. The van der Waals surface area contributed by atoms with Crippen molar-refractivity contribution in [3.63, 3.8) is 0 Å². The van der Waals surface area contributed by atoms with E-state index in [0.717, 1.165) is 0 Å². The lowest BCUT2D eigenvalue weighted by atomic mass is 10.2. The minimum absolute atomic E-state index is 0.126. The summed E-state index contributed by atoms with van der Waals surface area (Å²) in [5, 5.41) is 9.08. The van der Waals surface area contributed by atoms with Gasteiger partial charge in [0.25, 0.3) is 5.56 Å². The van der Waals surface area contributed by atoms with Gasteiger partial charge in [-0.05, 0) is 13.8 Å². The van der Waals surface area contributed by atoms with Gasteiger partial charge in [-0.25, -0.2) is 0 Å².